The number of ether oxygens (including phenoxy) is 5. The summed E-state index contributed by atoms with van der Waals surface area (Å²) < 4.78 is 27.8. The van der Waals surface area contributed by atoms with Crippen molar-refractivity contribution in [3.8, 4) is 5.75 Å². The number of amides is 1. The first kappa shape index (κ1) is 29.3. The van der Waals surface area contributed by atoms with Crippen molar-refractivity contribution in [2.75, 3.05) is 13.7 Å². The predicted molar refractivity (Wildman–Crippen MR) is 142 cm³/mol. The van der Waals surface area contributed by atoms with Crippen LogP contribution in [0.3, 0.4) is 0 Å². The van der Waals surface area contributed by atoms with Gasteiger partial charge in [0, 0.05) is 4.88 Å². The number of benzene rings is 1. The SMILES string of the molecule is COc1ccc(C[C@@H]2[C@H](OC(=O)Cc3cccs3)[C@@H](OC(=O)OC(C)(C)C)CN2C(=O)OC(C)(C)C)cc1. The maximum atomic E-state index is 13.3. The van der Waals surface area contributed by atoms with Crippen LogP contribution in [0.25, 0.3) is 0 Å². The van der Waals surface area contributed by atoms with Crippen LogP contribution < -0.4 is 4.74 Å². The van der Waals surface area contributed by atoms with Gasteiger partial charge in [-0.15, -0.1) is 11.3 Å². The van der Waals surface area contributed by atoms with Crippen molar-refractivity contribution in [1.82, 2.24) is 4.90 Å². The number of thiophene rings is 1. The van der Waals surface area contributed by atoms with Gasteiger partial charge in [-0.1, -0.05) is 18.2 Å². The van der Waals surface area contributed by atoms with Crippen molar-refractivity contribution < 1.29 is 38.1 Å². The van der Waals surface area contributed by atoms with E-state index in [-0.39, 0.29) is 13.0 Å². The van der Waals surface area contributed by atoms with Crippen LogP contribution in [0.15, 0.2) is 41.8 Å². The molecule has 3 atom stereocenters. The van der Waals surface area contributed by atoms with Gasteiger partial charge in [0.15, 0.2) is 12.2 Å². The zero-order valence-corrected chi connectivity index (χ0v) is 23.8. The van der Waals surface area contributed by atoms with E-state index in [9.17, 15) is 14.4 Å². The monoisotopic (exact) mass is 547 g/mol. The third-order valence-corrected chi connectivity index (χ3v) is 6.43. The van der Waals surface area contributed by atoms with E-state index in [1.807, 2.05) is 41.8 Å². The van der Waals surface area contributed by atoms with Crippen LogP contribution in [-0.2, 0) is 36.6 Å². The van der Waals surface area contributed by atoms with E-state index in [1.54, 1.807) is 48.7 Å². The minimum Gasteiger partial charge on any atom is -0.497 e. The molecule has 0 unspecified atom stereocenters. The van der Waals surface area contributed by atoms with Crippen molar-refractivity contribution in [3.63, 3.8) is 0 Å². The molecule has 2 aromatic rings. The molecule has 38 heavy (non-hydrogen) atoms. The number of hydrogen-bond donors (Lipinski definition) is 0. The van der Waals surface area contributed by atoms with Gasteiger partial charge in [0.05, 0.1) is 26.1 Å². The van der Waals surface area contributed by atoms with Gasteiger partial charge in [-0.3, -0.25) is 9.69 Å². The lowest BCUT2D eigenvalue weighted by Gasteiger charge is -2.30. The second kappa shape index (κ2) is 12.1. The van der Waals surface area contributed by atoms with Crippen LogP contribution in [0.5, 0.6) is 5.75 Å². The van der Waals surface area contributed by atoms with E-state index in [1.165, 1.54) is 16.2 Å². The Hall–Kier alpha value is -3.27. The summed E-state index contributed by atoms with van der Waals surface area (Å²) in [5.74, 6) is 0.204. The fourth-order valence-electron chi connectivity index (χ4n) is 4.02. The molecule has 0 N–H and O–H groups in total. The van der Waals surface area contributed by atoms with Crippen LogP contribution >= 0.6 is 11.3 Å². The lowest BCUT2D eigenvalue weighted by atomic mass is 10.0. The molecule has 1 amide bonds. The molecule has 9 nitrogen and oxygen atoms in total. The van der Waals surface area contributed by atoms with Crippen molar-refractivity contribution in [2.45, 2.75) is 83.8 Å². The Morgan fingerprint density at radius 2 is 1.61 bits per heavy atom. The van der Waals surface area contributed by atoms with Crippen LogP contribution in [0, 0.1) is 0 Å². The van der Waals surface area contributed by atoms with Crippen LogP contribution in [0.4, 0.5) is 9.59 Å². The molecule has 0 aliphatic carbocycles. The topological polar surface area (TPSA) is 101 Å². The normalized spacial score (nSPS) is 19.6. The number of esters is 1. The fraction of sp³-hybridized carbons (Fsp3) is 0.536. The maximum Gasteiger partial charge on any atom is 0.509 e. The fourth-order valence-corrected chi connectivity index (χ4v) is 4.71. The Balaban J connectivity index is 1.92. The van der Waals surface area contributed by atoms with Crippen LogP contribution in [0.1, 0.15) is 52.0 Å². The molecular weight excluding hydrogens is 510 g/mol. The van der Waals surface area contributed by atoms with Gasteiger partial charge >= 0.3 is 18.2 Å². The van der Waals surface area contributed by atoms with Gasteiger partial charge in [0.2, 0.25) is 0 Å². The number of nitrogens with zero attached hydrogens (tertiary/aromatic N) is 1. The highest BCUT2D eigenvalue weighted by Gasteiger charge is 2.50. The van der Waals surface area contributed by atoms with E-state index in [2.05, 4.69) is 0 Å². The molecule has 1 fully saturated rings. The number of carbonyl (C=O) groups is 3. The van der Waals surface area contributed by atoms with Crippen molar-refractivity contribution in [2.24, 2.45) is 0 Å². The third-order valence-electron chi connectivity index (χ3n) is 5.56. The van der Waals surface area contributed by atoms with Gasteiger partial charge in [0.25, 0.3) is 0 Å². The summed E-state index contributed by atoms with van der Waals surface area (Å²) in [5.41, 5.74) is -0.660. The van der Waals surface area contributed by atoms with Gasteiger partial charge in [-0.25, -0.2) is 9.59 Å². The Morgan fingerprint density at radius 1 is 0.947 bits per heavy atom. The quantitative estimate of drug-likeness (QED) is 0.336. The van der Waals surface area contributed by atoms with Gasteiger partial charge in [0.1, 0.15) is 17.0 Å². The van der Waals surface area contributed by atoms with Crippen molar-refractivity contribution >= 4 is 29.6 Å². The lowest BCUT2D eigenvalue weighted by Crippen LogP contribution is -2.45. The first-order valence-electron chi connectivity index (χ1n) is 12.5. The average molecular weight is 548 g/mol. The average Bonchev–Trinajstić information content (AvgIpc) is 3.41. The first-order chi connectivity index (χ1) is 17.7. The zero-order chi connectivity index (χ0) is 28.1. The molecule has 1 aromatic carbocycles. The first-order valence-corrected chi connectivity index (χ1v) is 13.4. The Bertz CT molecular complexity index is 1090. The molecule has 208 valence electrons. The van der Waals surface area contributed by atoms with E-state index < -0.39 is 47.7 Å². The summed E-state index contributed by atoms with van der Waals surface area (Å²) in [6, 6.07) is 10.4. The summed E-state index contributed by atoms with van der Waals surface area (Å²) in [4.78, 5) is 41.2. The van der Waals surface area contributed by atoms with Crippen molar-refractivity contribution in [3.05, 3.63) is 52.2 Å². The zero-order valence-electron chi connectivity index (χ0n) is 23.0. The van der Waals surface area contributed by atoms with Crippen LogP contribution in [0.2, 0.25) is 0 Å². The van der Waals surface area contributed by atoms with E-state index in [0.717, 1.165) is 10.4 Å². The Labute approximate surface area is 228 Å². The molecule has 3 rings (SSSR count). The van der Waals surface area contributed by atoms with Crippen molar-refractivity contribution in [1.29, 1.82) is 0 Å². The Morgan fingerprint density at radius 3 is 2.16 bits per heavy atom. The summed E-state index contributed by atoms with van der Waals surface area (Å²) in [6.07, 6.45) is -3.00. The Kier molecular flexibility index (Phi) is 9.30. The smallest absolute Gasteiger partial charge is 0.497 e. The molecule has 0 bridgehead atoms. The van der Waals surface area contributed by atoms with E-state index in [0.29, 0.717) is 12.2 Å². The lowest BCUT2D eigenvalue weighted by molar-refractivity contribution is -0.155. The highest BCUT2D eigenvalue weighted by molar-refractivity contribution is 7.10. The van der Waals surface area contributed by atoms with Gasteiger partial charge < -0.3 is 23.7 Å². The molecule has 1 aliphatic rings. The van der Waals surface area contributed by atoms with Crippen LogP contribution in [-0.4, -0.2) is 66.2 Å². The number of likely N-dealkylation sites (tertiary alicyclic amines) is 1. The van der Waals surface area contributed by atoms with Gasteiger partial charge in [-0.05, 0) is 77.1 Å². The maximum absolute atomic E-state index is 13.3. The molecule has 1 aliphatic heterocycles. The molecule has 0 spiro atoms. The van der Waals surface area contributed by atoms with E-state index in [4.69, 9.17) is 23.7 Å². The summed E-state index contributed by atoms with van der Waals surface area (Å²) in [5, 5.41) is 1.88. The van der Waals surface area contributed by atoms with Gasteiger partial charge in [-0.2, -0.15) is 0 Å². The van der Waals surface area contributed by atoms with E-state index >= 15 is 0 Å². The molecule has 1 saturated heterocycles. The molecule has 0 saturated carbocycles. The largest absolute Gasteiger partial charge is 0.509 e. The third kappa shape index (κ3) is 8.65. The molecular formula is C28H37NO8S. The molecule has 1 aromatic heterocycles. The number of hydrogen-bond acceptors (Lipinski definition) is 9. The number of rotatable bonds is 7. The predicted octanol–water partition coefficient (Wildman–Crippen LogP) is 5.39. The molecule has 2 heterocycles. The standard InChI is InChI=1S/C28H37NO8S/c1-27(2,3)36-25(31)29-17-22(34-26(32)37-28(4,5)6)24(35-23(30)16-20-9-8-14-38-20)21(29)15-18-10-12-19(33-7)13-11-18/h8-14,21-22,24H,15-17H2,1-7H3/t21-,22+,24+/m1/s1. The second-order valence-electron chi connectivity index (χ2n) is 11.1. The summed E-state index contributed by atoms with van der Waals surface area (Å²) in [7, 11) is 1.58. The molecule has 10 heteroatoms. The highest BCUT2D eigenvalue weighted by Crippen LogP contribution is 2.30. The highest BCUT2D eigenvalue weighted by atomic mass is 32.1. The minimum atomic E-state index is -0.951. The second-order valence-corrected chi connectivity index (χ2v) is 12.1. The number of carbonyl (C=O) groups excluding carboxylic acids is 3. The number of methoxy groups -OCH3 is 1. The minimum absolute atomic E-state index is 0.0219. The molecule has 0 radical (unpaired) electrons. The summed E-state index contributed by atoms with van der Waals surface area (Å²) >= 11 is 1.44. The summed E-state index contributed by atoms with van der Waals surface area (Å²) in [6.45, 7) is 10.5.